The number of pyridine rings is 1. The van der Waals surface area contributed by atoms with E-state index in [1.165, 1.54) is 12.5 Å². The molecule has 84 valence electrons. The summed E-state index contributed by atoms with van der Waals surface area (Å²) in [5, 5.41) is 1.04. The predicted octanol–water partition coefficient (Wildman–Crippen LogP) is 3.22. The molecule has 0 amide bonds. The van der Waals surface area contributed by atoms with E-state index in [1.807, 2.05) is 11.9 Å². The molecule has 0 saturated carbocycles. The van der Waals surface area contributed by atoms with Gasteiger partial charge in [0, 0.05) is 25.1 Å². The summed E-state index contributed by atoms with van der Waals surface area (Å²) < 4.78 is 13.3. The van der Waals surface area contributed by atoms with Crippen LogP contribution in [-0.2, 0) is 0 Å². The molecule has 0 unspecified atom stereocenters. The number of alkyl halides is 1. The number of anilines is 1. The van der Waals surface area contributed by atoms with Crippen LogP contribution in [-0.4, -0.2) is 23.9 Å². The third kappa shape index (κ3) is 4.16. The first-order valence-electron chi connectivity index (χ1n) is 5.13. The third-order valence-corrected chi connectivity index (χ3v) is 2.79. The maximum Gasteiger partial charge on any atom is 0.165 e. The second kappa shape index (κ2) is 6.77. The van der Waals surface area contributed by atoms with Crippen molar-refractivity contribution in [3.05, 3.63) is 24.1 Å². The Bertz CT molecular complexity index is 294. The van der Waals surface area contributed by atoms with E-state index in [9.17, 15) is 4.39 Å². The highest BCUT2D eigenvalue weighted by Crippen LogP contribution is 2.14. The van der Waals surface area contributed by atoms with Gasteiger partial charge in [0.1, 0.15) is 0 Å². The molecule has 1 aromatic heterocycles. The summed E-state index contributed by atoms with van der Waals surface area (Å²) in [7, 11) is 1.87. The normalized spacial score (nSPS) is 10.3. The minimum Gasteiger partial charge on any atom is -0.357 e. The van der Waals surface area contributed by atoms with Gasteiger partial charge < -0.3 is 4.90 Å². The number of hydrogen-bond acceptors (Lipinski definition) is 2. The zero-order valence-corrected chi connectivity index (χ0v) is 10.5. The van der Waals surface area contributed by atoms with Crippen LogP contribution in [0.25, 0.3) is 0 Å². The van der Waals surface area contributed by atoms with Crippen LogP contribution in [0.5, 0.6) is 0 Å². The molecule has 1 aromatic rings. The number of halogens is 2. The first-order chi connectivity index (χ1) is 7.25. The fourth-order valence-corrected chi connectivity index (χ4v) is 1.78. The van der Waals surface area contributed by atoms with Gasteiger partial charge in [0.15, 0.2) is 11.6 Å². The summed E-state index contributed by atoms with van der Waals surface area (Å²) in [6, 6.07) is 3.05. The summed E-state index contributed by atoms with van der Waals surface area (Å²) in [5.41, 5.74) is 0. The van der Waals surface area contributed by atoms with Gasteiger partial charge in [0.2, 0.25) is 0 Å². The molecule has 0 aromatic carbocycles. The van der Waals surface area contributed by atoms with E-state index in [4.69, 9.17) is 0 Å². The summed E-state index contributed by atoms with van der Waals surface area (Å²) in [6.45, 7) is 0.848. The van der Waals surface area contributed by atoms with Crippen molar-refractivity contribution in [2.45, 2.75) is 19.3 Å². The minimum absolute atomic E-state index is 0.250. The van der Waals surface area contributed by atoms with E-state index in [-0.39, 0.29) is 5.82 Å². The Labute approximate surface area is 98.6 Å². The van der Waals surface area contributed by atoms with Gasteiger partial charge in [-0.25, -0.2) is 9.37 Å². The Hall–Kier alpha value is -0.640. The molecule has 0 aliphatic carbocycles. The quantitative estimate of drug-likeness (QED) is 0.585. The largest absolute Gasteiger partial charge is 0.357 e. The van der Waals surface area contributed by atoms with Crippen molar-refractivity contribution in [1.82, 2.24) is 4.98 Å². The van der Waals surface area contributed by atoms with Crippen molar-refractivity contribution >= 4 is 21.7 Å². The predicted molar refractivity (Wildman–Crippen MR) is 65.1 cm³/mol. The van der Waals surface area contributed by atoms with Crippen molar-refractivity contribution in [2.75, 3.05) is 23.8 Å². The Balaban J connectivity index is 2.40. The highest BCUT2D eigenvalue weighted by atomic mass is 79.9. The van der Waals surface area contributed by atoms with E-state index in [0.29, 0.717) is 5.82 Å². The lowest BCUT2D eigenvalue weighted by Crippen LogP contribution is -2.20. The lowest BCUT2D eigenvalue weighted by Gasteiger charge is -2.18. The number of rotatable bonds is 6. The fourth-order valence-electron chi connectivity index (χ4n) is 1.38. The van der Waals surface area contributed by atoms with Gasteiger partial charge >= 0.3 is 0 Å². The minimum atomic E-state index is -0.250. The molecule has 2 nitrogen and oxygen atoms in total. The van der Waals surface area contributed by atoms with Crippen molar-refractivity contribution in [1.29, 1.82) is 0 Å². The average Bonchev–Trinajstić information content (AvgIpc) is 2.25. The summed E-state index contributed by atoms with van der Waals surface area (Å²) >= 11 is 3.39. The molecule has 0 fully saturated rings. The molecule has 15 heavy (non-hydrogen) atoms. The van der Waals surface area contributed by atoms with E-state index < -0.39 is 0 Å². The van der Waals surface area contributed by atoms with Gasteiger partial charge in [-0.05, 0) is 25.0 Å². The topological polar surface area (TPSA) is 16.1 Å². The Kier molecular flexibility index (Phi) is 5.61. The van der Waals surface area contributed by atoms with E-state index in [2.05, 4.69) is 20.9 Å². The van der Waals surface area contributed by atoms with Crippen LogP contribution >= 0.6 is 15.9 Å². The van der Waals surface area contributed by atoms with E-state index in [0.717, 1.165) is 24.7 Å². The maximum atomic E-state index is 13.3. The summed E-state index contributed by atoms with van der Waals surface area (Å²) in [5.74, 6) is 0.192. The SMILES string of the molecule is CN(CCCCCBr)c1ncccc1F. The molecule has 0 bridgehead atoms. The molecular weight excluding hydrogens is 259 g/mol. The van der Waals surface area contributed by atoms with E-state index in [1.54, 1.807) is 12.3 Å². The van der Waals surface area contributed by atoms with Crippen LogP contribution in [0.3, 0.4) is 0 Å². The first kappa shape index (κ1) is 12.4. The standard InChI is InChI=1S/C11H16BrFN2/c1-15(9-4-2-3-7-12)11-10(13)6-5-8-14-11/h5-6,8H,2-4,7,9H2,1H3. The highest BCUT2D eigenvalue weighted by Gasteiger charge is 2.06. The summed E-state index contributed by atoms with van der Waals surface area (Å²) in [4.78, 5) is 5.88. The van der Waals surface area contributed by atoms with Crippen molar-refractivity contribution in [3.8, 4) is 0 Å². The van der Waals surface area contributed by atoms with Gasteiger partial charge in [-0.3, -0.25) is 0 Å². The molecule has 0 atom stereocenters. The molecule has 0 spiro atoms. The van der Waals surface area contributed by atoms with Crippen molar-refractivity contribution in [2.24, 2.45) is 0 Å². The Morgan fingerprint density at radius 1 is 1.40 bits per heavy atom. The maximum absolute atomic E-state index is 13.3. The van der Waals surface area contributed by atoms with Crippen LogP contribution in [0.4, 0.5) is 10.2 Å². The highest BCUT2D eigenvalue weighted by molar-refractivity contribution is 9.09. The molecule has 0 radical (unpaired) electrons. The lowest BCUT2D eigenvalue weighted by molar-refractivity contribution is 0.609. The molecule has 0 aliphatic heterocycles. The van der Waals surface area contributed by atoms with Crippen LogP contribution < -0.4 is 4.90 Å². The van der Waals surface area contributed by atoms with Crippen molar-refractivity contribution < 1.29 is 4.39 Å². The third-order valence-electron chi connectivity index (χ3n) is 2.23. The van der Waals surface area contributed by atoms with Crippen LogP contribution in [0.2, 0.25) is 0 Å². The molecule has 0 N–H and O–H groups in total. The van der Waals surface area contributed by atoms with Gasteiger partial charge in [-0.2, -0.15) is 0 Å². The number of hydrogen-bond donors (Lipinski definition) is 0. The Morgan fingerprint density at radius 2 is 2.20 bits per heavy atom. The van der Waals surface area contributed by atoms with Gasteiger partial charge in [-0.15, -0.1) is 0 Å². The van der Waals surface area contributed by atoms with Crippen LogP contribution in [0, 0.1) is 5.82 Å². The monoisotopic (exact) mass is 274 g/mol. The molecular formula is C11H16BrFN2. The number of nitrogens with zero attached hydrogens (tertiary/aromatic N) is 2. The molecule has 0 saturated heterocycles. The van der Waals surface area contributed by atoms with Crippen LogP contribution in [0.15, 0.2) is 18.3 Å². The second-order valence-electron chi connectivity index (χ2n) is 3.48. The number of aromatic nitrogens is 1. The van der Waals surface area contributed by atoms with E-state index >= 15 is 0 Å². The van der Waals surface area contributed by atoms with Crippen LogP contribution in [0.1, 0.15) is 19.3 Å². The molecule has 1 heterocycles. The molecule has 4 heteroatoms. The Morgan fingerprint density at radius 3 is 2.87 bits per heavy atom. The smallest absolute Gasteiger partial charge is 0.165 e. The van der Waals surface area contributed by atoms with Gasteiger partial charge in [0.25, 0.3) is 0 Å². The first-order valence-corrected chi connectivity index (χ1v) is 6.25. The second-order valence-corrected chi connectivity index (χ2v) is 4.27. The molecule has 1 rings (SSSR count). The lowest BCUT2D eigenvalue weighted by atomic mass is 10.2. The van der Waals surface area contributed by atoms with Gasteiger partial charge in [-0.1, -0.05) is 22.4 Å². The van der Waals surface area contributed by atoms with Crippen molar-refractivity contribution in [3.63, 3.8) is 0 Å². The zero-order valence-electron chi connectivity index (χ0n) is 8.92. The zero-order chi connectivity index (χ0) is 11.1. The summed E-state index contributed by atoms with van der Waals surface area (Å²) in [6.07, 6.45) is 5.01. The molecule has 0 aliphatic rings. The fraction of sp³-hybridized carbons (Fsp3) is 0.545. The average molecular weight is 275 g/mol. The number of unbranched alkanes of at least 4 members (excludes halogenated alkanes) is 2. The van der Waals surface area contributed by atoms with Gasteiger partial charge in [0.05, 0.1) is 0 Å².